The van der Waals surface area contributed by atoms with Crippen molar-refractivity contribution in [1.82, 2.24) is 10.3 Å². The van der Waals surface area contributed by atoms with Crippen LogP contribution in [0.25, 0.3) is 0 Å². The van der Waals surface area contributed by atoms with Gasteiger partial charge in [-0.1, -0.05) is 0 Å². The van der Waals surface area contributed by atoms with E-state index in [-0.39, 0.29) is 5.91 Å². The SMILES string of the molecule is CNC(=O)c1[nH]cc(CC2CC2)c1N. The van der Waals surface area contributed by atoms with Crippen molar-refractivity contribution in [2.24, 2.45) is 5.92 Å². The number of rotatable bonds is 3. The van der Waals surface area contributed by atoms with Crippen molar-refractivity contribution in [3.63, 3.8) is 0 Å². The lowest BCUT2D eigenvalue weighted by Crippen LogP contribution is -2.19. The van der Waals surface area contributed by atoms with Gasteiger partial charge in [0.2, 0.25) is 0 Å². The lowest BCUT2D eigenvalue weighted by molar-refractivity contribution is 0.0959. The molecule has 1 amide bonds. The molecular formula is C10H15N3O. The molecule has 0 saturated heterocycles. The summed E-state index contributed by atoms with van der Waals surface area (Å²) in [6, 6.07) is 0. The van der Waals surface area contributed by atoms with Crippen LogP contribution in [0.3, 0.4) is 0 Å². The summed E-state index contributed by atoms with van der Waals surface area (Å²) in [6.07, 6.45) is 5.43. The van der Waals surface area contributed by atoms with Crippen molar-refractivity contribution in [1.29, 1.82) is 0 Å². The average molecular weight is 193 g/mol. The Morgan fingerprint density at radius 3 is 3.00 bits per heavy atom. The Labute approximate surface area is 82.9 Å². The number of aromatic amines is 1. The minimum atomic E-state index is -0.149. The standard InChI is InChI=1S/C10H15N3O/c1-12-10(14)9-8(11)7(5-13-9)4-6-2-3-6/h5-6,13H,2-4,11H2,1H3,(H,12,14). The molecule has 1 aliphatic carbocycles. The minimum Gasteiger partial charge on any atom is -0.397 e. The van der Waals surface area contributed by atoms with Crippen molar-refractivity contribution >= 4 is 11.6 Å². The third-order valence-electron chi connectivity index (χ3n) is 2.67. The van der Waals surface area contributed by atoms with Gasteiger partial charge in [0.05, 0.1) is 5.69 Å². The van der Waals surface area contributed by atoms with E-state index in [1.807, 2.05) is 6.20 Å². The lowest BCUT2D eigenvalue weighted by atomic mass is 10.1. The number of hydrogen-bond donors (Lipinski definition) is 3. The molecule has 0 atom stereocenters. The van der Waals surface area contributed by atoms with E-state index >= 15 is 0 Å². The van der Waals surface area contributed by atoms with Crippen LogP contribution < -0.4 is 11.1 Å². The van der Waals surface area contributed by atoms with Gasteiger partial charge in [0, 0.05) is 13.2 Å². The van der Waals surface area contributed by atoms with Crippen molar-refractivity contribution < 1.29 is 4.79 Å². The molecule has 1 fully saturated rings. The van der Waals surface area contributed by atoms with Crippen LogP contribution in [0.2, 0.25) is 0 Å². The van der Waals surface area contributed by atoms with E-state index in [9.17, 15) is 4.79 Å². The largest absolute Gasteiger partial charge is 0.397 e. The number of aromatic nitrogens is 1. The Morgan fingerprint density at radius 2 is 2.43 bits per heavy atom. The molecule has 0 bridgehead atoms. The van der Waals surface area contributed by atoms with E-state index in [4.69, 9.17) is 5.73 Å². The van der Waals surface area contributed by atoms with Gasteiger partial charge in [-0.15, -0.1) is 0 Å². The summed E-state index contributed by atoms with van der Waals surface area (Å²) in [6.45, 7) is 0. The van der Waals surface area contributed by atoms with E-state index in [0.717, 1.165) is 17.9 Å². The Hall–Kier alpha value is -1.45. The zero-order valence-corrected chi connectivity index (χ0v) is 8.26. The molecule has 0 aromatic carbocycles. The minimum absolute atomic E-state index is 0.149. The summed E-state index contributed by atoms with van der Waals surface area (Å²) >= 11 is 0. The highest BCUT2D eigenvalue weighted by Crippen LogP contribution is 2.34. The smallest absolute Gasteiger partial charge is 0.269 e. The Bertz CT molecular complexity index is 352. The number of nitrogens with one attached hydrogen (secondary N) is 2. The molecule has 0 radical (unpaired) electrons. The van der Waals surface area contributed by atoms with Crippen LogP contribution in [0.4, 0.5) is 5.69 Å². The first-order chi connectivity index (χ1) is 6.72. The second-order valence-corrected chi connectivity index (χ2v) is 3.83. The maximum atomic E-state index is 11.3. The first-order valence-electron chi connectivity index (χ1n) is 4.90. The highest BCUT2D eigenvalue weighted by molar-refractivity contribution is 5.97. The van der Waals surface area contributed by atoms with Crippen molar-refractivity contribution in [3.05, 3.63) is 17.5 Å². The van der Waals surface area contributed by atoms with Gasteiger partial charge >= 0.3 is 0 Å². The lowest BCUT2D eigenvalue weighted by Gasteiger charge is -2.00. The third-order valence-corrected chi connectivity index (χ3v) is 2.67. The summed E-state index contributed by atoms with van der Waals surface area (Å²) in [7, 11) is 1.60. The molecule has 2 rings (SSSR count). The van der Waals surface area contributed by atoms with Gasteiger partial charge in [-0.05, 0) is 30.7 Å². The quantitative estimate of drug-likeness (QED) is 0.667. The Balaban J connectivity index is 2.17. The van der Waals surface area contributed by atoms with Crippen LogP contribution in [-0.2, 0) is 6.42 Å². The highest BCUT2D eigenvalue weighted by Gasteiger charge is 2.24. The molecule has 76 valence electrons. The summed E-state index contributed by atoms with van der Waals surface area (Å²) in [4.78, 5) is 14.2. The first kappa shape index (κ1) is 9.12. The molecular weight excluding hydrogens is 178 g/mol. The van der Waals surface area contributed by atoms with E-state index in [1.54, 1.807) is 7.05 Å². The van der Waals surface area contributed by atoms with Gasteiger partial charge in [0.1, 0.15) is 5.69 Å². The fourth-order valence-electron chi connectivity index (χ4n) is 1.59. The molecule has 1 heterocycles. The van der Waals surface area contributed by atoms with Crippen LogP contribution in [0, 0.1) is 5.92 Å². The zero-order chi connectivity index (χ0) is 10.1. The van der Waals surface area contributed by atoms with Gasteiger partial charge < -0.3 is 16.0 Å². The van der Waals surface area contributed by atoms with Crippen LogP contribution >= 0.6 is 0 Å². The maximum Gasteiger partial charge on any atom is 0.269 e. The number of carbonyl (C=O) groups is 1. The summed E-state index contributed by atoms with van der Waals surface area (Å²) in [5, 5.41) is 2.55. The monoisotopic (exact) mass is 193 g/mol. The van der Waals surface area contributed by atoms with Crippen molar-refractivity contribution in [2.45, 2.75) is 19.3 Å². The van der Waals surface area contributed by atoms with Gasteiger partial charge in [-0.3, -0.25) is 4.79 Å². The normalized spacial score (nSPS) is 15.5. The molecule has 4 nitrogen and oxygen atoms in total. The number of H-pyrrole nitrogens is 1. The molecule has 1 aromatic heterocycles. The van der Waals surface area contributed by atoms with Crippen LogP contribution in [0.1, 0.15) is 28.9 Å². The molecule has 1 saturated carbocycles. The fourth-order valence-corrected chi connectivity index (χ4v) is 1.59. The second kappa shape index (κ2) is 3.36. The third kappa shape index (κ3) is 1.60. The molecule has 1 aliphatic rings. The van der Waals surface area contributed by atoms with Gasteiger partial charge in [-0.2, -0.15) is 0 Å². The number of amides is 1. The summed E-state index contributed by atoms with van der Waals surface area (Å²) in [5.74, 6) is 0.634. The number of nitrogens with two attached hydrogens (primary N) is 1. The van der Waals surface area contributed by atoms with Crippen molar-refractivity contribution in [2.75, 3.05) is 12.8 Å². The maximum absolute atomic E-state index is 11.3. The number of hydrogen-bond acceptors (Lipinski definition) is 2. The van der Waals surface area contributed by atoms with Crippen molar-refractivity contribution in [3.8, 4) is 0 Å². The highest BCUT2D eigenvalue weighted by atomic mass is 16.1. The predicted molar refractivity (Wildman–Crippen MR) is 55.0 cm³/mol. The van der Waals surface area contributed by atoms with Crippen LogP contribution in [-0.4, -0.2) is 17.9 Å². The summed E-state index contributed by atoms with van der Waals surface area (Å²) < 4.78 is 0. The van der Waals surface area contributed by atoms with E-state index in [2.05, 4.69) is 10.3 Å². The molecule has 4 heteroatoms. The van der Waals surface area contributed by atoms with E-state index in [0.29, 0.717) is 11.4 Å². The Kier molecular flexibility index (Phi) is 2.19. The molecule has 1 aromatic rings. The van der Waals surface area contributed by atoms with Gasteiger partial charge in [0.25, 0.3) is 5.91 Å². The van der Waals surface area contributed by atoms with E-state index < -0.39 is 0 Å². The first-order valence-corrected chi connectivity index (χ1v) is 4.90. The fraction of sp³-hybridized carbons (Fsp3) is 0.500. The van der Waals surface area contributed by atoms with Crippen LogP contribution in [0.5, 0.6) is 0 Å². The molecule has 4 N–H and O–H groups in total. The van der Waals surface area contributed by atoms with E-state index in [1.165, 1.54) is 12.8 Å². The number of carbonyl (C=O) groups excluding carboxylic acids is 1. The zero-order valence-electron chi connectivity index (χ0n) is 8.26. The Morgan fingerprint density at radius 1 is 1.71 bits per heavy atom. The topological polar surface area (TPSA) is 70.9 Å². The van der Waals surface area contributed by atoms with Crippen LogP contribution in [0.15, 0.2) is 6.20 Å². The van der Waals surface area contributed by atoms with Gasteiger partial charge in [0.15, 0.2) is 0 Å². The van der Waals surface area contributed by atoms with Gasteiger partial charge in [-0.25, -0.2) is 0 Å². The average Bonchev–Trinajstić information content (AvgIpc) is 2.92. The number of anilines is 1. The number of nitrogen functional groups attached to an aromatic ring is 1. The summed E-state index contributed by atoms with van der Waals surface area (Å²) in [5.41, 5.74) is 8.04. The predicted octanol–water partition coefficient (Wildman–Crippen LogP) is 0.909. The molecule has 0 spiro atoms. The molecule has 14 heavy (non-hydrogen) atoms. The molecule has 0 unspecified atom stereocenters. The molecule has 0 aliphatic heterocycles. The second-order valence-electron chi connectivity index (χ2n) is 3.83.